The van der Waals surface area contributed by atoms with Gasteiger partial charge in [0.25, 0.3) is 0 Å². The molecular weight excluding hydrogens is 367 g/mol. The molecule has 0 amide bonds. The first-order chi connectivity index (χ1) is 12.8. The summed E-state index contributed by atoms with van der Waals surface area (Å²) in [7, 11) is 0. The van der Waals surface area contributed by atoms with Crippen LogP contribution in [0, 0.1) is 5.82 Å². The highest BCUT2D eigenvalue weighted by Gasteiger charge is 2.48. The third-order valence-electron chi connectivity index (χ3n) is 5.48. The molecule has 1 unspecified atom stereocenters. The van der Waals surface area contributed by atoms with Gasteiger partial charge in [0.05, 0.1) is 6.54 Å². The van der Waals surface area contributed by atoms with Crippen molar-refractivity contribution < 1.29 is 14.3 Å². The van der Waals surface area contributed by atoms with Gasteiger partial charge in [-0.1, -0.05) is 44.2 Å². The Morgan fingerprint density at radius 1 is 1.22 bits per heavy atom. The maximum atomic E-state index is 13.3. The number of fused-ring (bicyclic) bond motifs is 3. The fourth-order valence-corrected chi connectivity index (χ4v) is 4.78. The van der Waals surface area contributed by atoms with Gasteiger partial charge in [-0.25, -0.2) is 4.39 Å². The van der Waals surface area contributed by atoms with Crippen LogP contribution in [-0.4, -0.2) is 26.1 Å². The van der Waals surface area contributed by atoms with Gasteiger partial charge in [-0.3, -0.25) is 4.79 Å². The van der Waals surface area contributed by atoms with Crippen molar-refractivity contribution in [1.29, 1.82) is 0 Å². The molecule has 1 N–H and O–H groups in total. The van der Waals surface area contributed by atoms with E-state index in [0.29, 0.717) is 13.1 Å². The molecule has 27 heavy (non-hydrogen) atoms. The van der Waals surface area contributed by atoms with Crippen LogP contribution in [0.25, 0.3) is 10.9 Å². The van der Waals surface area contributed by atoms with Crippen LogP contribution in [0.5, 0.6) is 0 Å². The number of carboxylic acid groups (broad SMARTS) is 1. The molecule has 0 spiro atoms. The van der Waals surface area contributed by atoms with Gasteiger partial charge >= 0.3 is 5.97 Å². The molecule has 1 aliphatic heterocycles. The van der Waals surface area contributed by atoms with Crippen LogP contribution in [0.3, 0.4) is 0 Å². The van der Waals surface area contributed by atoms with E-state index in [1.54, 1.807) is 12.1 Å². The van der Waals surface area contributed by atoms with Gasteiger partial charge in [-0.05, 0) is 41.1 Å². The second-order valence-corrected chi connectivity index (χ2v) is 8.01. The van der Waals surface area contributed by atoms with Crippen molar-refractivity contribution in [1.82, 2.24) is 8.99 Å². The van der Waals surface area contributed by atoms with Gasteiger partial charge in [0.2, 0.25) is 0 Å². The number of nitrogens with zero attached hydrogens (tertiary/aromatic N) is 2. The van der Waals surface area contributed by atoms with Crippen molar-refractivity contribution >= 4 is 28.6 Å². The van der Waals surface area contributed by atoms with E-state index in [0.717, 1.165) is 27.7 Å². The second-order valence-electron chi connectivity index (χ2n) is 7.57. The molecule has 4 nitrogen and oxygen atoms in total. The number of carboxylic acids is 1. The summed E-state index contributed by atoms with van der Waals surface area (Å²) in [5, 5.41) is 10.8. The van der Waals surface area contributed by atoms with Gasteiger partial charge in [-0.15, -0.1) is 0 Å². The highest BCUT2D eigenvalue weighted by atomic mass is 35.5. The van der Waals surface area contributed by atoms with E-state index >= 15 is 0 Å². The van der Waals surface area contributed by atoms with Crippen LogP contribution in [0.2, 0.25) is 0 Å². The highest BCUT2D eigenvalue weighted by molar-refractivity contribution is 6.15. The van der Waals surface area contributed by atoms with Gasteiger partial charge in [-0.2, -0.15) is 4.42 Å². The van der Waals surface area contributed by atoms with Crippen molar-refractivity contribution in [2.75, 3.05) is 0 Å². The monoisotopic (exact) mass is 386 g/mol. The van der Waals surface area contributed by atoms with Crippen molar-refractivity contribution in [3.05, 3.63) is 71.2 Å². The molecule has 6 heteroatoms. The average molecular weight is 387 g/mol. The molecule has 2 aromatic carbocycles. The van der Waals surface area contributed by atoms with E-state index in [-0.39, 0.29) is 5.82 Å². The standard InChI is InChI=1S/C21H20ClFN2O2/c1-21(2)18-15-5-3-4-6-16(15)24(11-13-7-9-14(23)10-8-13)17(18)12-25(22)19(21)20(26)27/h3-10,19H,11-12H2,1-2H3,(H,26,27). The lowest BCUT2D eigenvalue weighted by atomic mass is 9.74. The fourth-order valence-electron chi connectivity index (χ4n) is 4.34. The van der Waals surface area contributed by atoms with E-state index in [1.165, 1.54) is 16.6 Å². The summed E-state index contributed by atoms with van der Waals surface area (Å²) in [4.78, 5) is 11.9. The number of rotatable bonds is 3. The minimum Gasteiger partial charge on any atom is -0.480 e. The Bertz CT molecular complexity index is 1030. The zero-order valence-electron chi connectivity index (χ0n) is 15.1. The molecule has 0 saturated heterocycles. The number of para-hydroxylation sites is 1. The van der Waals surface area contributed by atoms with Crippen molar-refractivity contribution in [3.8, 4) is 0 Å². The summed E-state index contributed by atoms with van der Waals surface area (Å²) < 4.78 is 16.8. The Morgan fingerprint density at radius 3 is 2.56 bits per heavy atom. The smallest absolute Gasteiger partial charge is 0.323 e. The number of aromatic nitrogens is 1. The summed E-state index contributed by atoms with van der Waals surface area (Å²) in [6.07, 6.45) is 0. The maximum absolute atomic E-state index is 13.3. The van der Waals surface area contributed by atoms with Crippen LogP contribution in [0.15, 0.2) is 48.5 Å². The topological polar surface area (TPSA) is 45.5 Å². The molecule has 140 valence electrons. The maximum Gasteiger partial charge on any atom is 0.323 e. The molecule has 0 bridgehead atoms. The molecule has 1 aromatic heterocycles. The average Bonchev–Trinajstić information content (AvgIpc) is 2.90. The fraction of sp³-hybridized carbons (Fsp3) is 0.286. The van der Waals surface area contributed by atoms with E-state index in [9.17, 15) is 14.3 Å². The first-order valence-corrected chi connectivity index (χ1v) is 9.14. The van der Waals surface area contributed by atoms with Gasteiger partial charge in [0.1, 0.15) is 11.9 Å². The summed E-state index contributed by atoms with van der Waals surface area (Å²) in [6, 6.07) is 13.6. The first-order valence-electron chi connectivity index (χ1n) is 8.81. The zero-order chi connectivity index (χ0) is 19.3. The van der Waals surface area contributed by atoms with E-state index in [4.69, 9.17) is 11.8 Å². The van der Waals surface area contributed by atoms with Crippen LogP contribution < -0.4 is 0 Å². The molecule has 1 aliphatic rings. The Morgan fingerprint density at radius 2 is 1.89 bits per heavy atom. The summed E-state index contributed by atoms with van der Waals surface area (Å²) >= 11 is 6.40. The molecule has 1 atom stereocenters. The minimum absolute atomic E-state index is 0.268. The lowest BCUT2D eigenvalue weighted by Crippen LogP contribution is -2.52. The Labute approximate surface area is 161 Å². The van der Waals surface area contributed by atoms with E-state index in [1.807, 2.05) is 38.1 Å². The Kier molecular flexibility index (Phi) is 4.24. The first kappa shape index (κ1) is 18.0. The number of carbonyl (C=O) groups is 1. The highest BCUT2D eigenvalue weighted by Crippen LogP contribution is 2.44. The normalized spacial score (nSPS) is 19.2. The number of halogens is 2. The molecule has 0 saturated carbocycles. The molecule has 0 aliphatic carbocycles. The minimum atomic E-state index is -0.934. The zero-order valence-corrected chi connectivity index (χ0v) is 15.9. The van der Waals surface area contributed by atoms with Crippen molar-refractivity contribution in [2.24, 2.45) is 0 Å². The van der Waals surface area contributed by atoms with E-state index in [2.05, 4.69) is 4.57 Å². The lowest BCUT2D eigenvalue weighted by Gasteiger charge is -2.41. The van der Waals surface area contributed by atoms with Gasteiger partial charge < -0.3 is 9.67 Å². The van der Waals surface area contributed by atoms with Gasteiger partial charge in [0.15, 0.2) is 0 Å². The molecule has 2 heterocycles. The van der Waals surface area contributed by atoms with Crippen LogP contribution >= 0.6 is 11.8 Å². The Balaban J connectivity index is 1.94. The van der Waals surface area contributed by atoms with E-state index < -0.39 is 17.4 Å². The SMILES string of the molecule is CC1(C)c2c(n(Cc3ccc(F)cc3)c3ccccc23)CN(Cl)C1C(=O)O. The van der Waals surface area contributed by atoms with Crippen LogP contribution in [-0.2, 0) is 23.3 Å². The summed E-state index contributed by atoms with van der Waals surface area (Å²) in [6.45, 7) is 4.74. The van der Waals surface area contributed by atoms with Crippen LogP contribution in [0.1, 0.15) is 30.7 Å². The second kappa shape index (κ2) is 6.36. The molecule has 0 radical (unpaired) electrons. The van der Waals surface area contributed by atoms with Crippen LogP contribution in [0.4, 0.5) is 4.39 Å². The quantitative estimate of drug-likeness (QED) is 0.673. The lowest BCUT2D eigenvalue weighted by molar-refractivity contribution is -0.144. The molecular formula is C21H20ClFN2O2. The third-order valence-corrected chi connectivity index (χ3v) is 5.79. The Hall–Kier alpha value is -2.37. The number of hydrogen-bond acceptors (Lipinski definition) is 2. The summed E-state index contributed by atoms with van der Waals surface area (Å²) in [5.74, 6) is -1.20. The predicted molar refractivity (Wildman–Crippen MR) is 103 cm³/mol. The van der Waals surface area contributed by atoms with Crippen molar-refractivity contribution in [2.45, 2.75) is 38.4 Å². The largest absolute Gasteiger partial charge is 0.480 e. The summed E-state index contributed by atoms with van der Waals surface area (Å²) in [5.41, 5.74) is 3.34. The number of benzene rings is 2. The van der Waals surface area contributed by atoms with Gasteiger partial charge in [0, 0.05) is 28.6 Å². The number of hydrogen-bond donors (Lipinski definition) is 1. The predicted octanol–water partition coefficient (Wildman–Crippen LogP) is 4.53. The third kappa shape index (κ3) is 2.82. The molecule has 0 fully saturated rings. The number of aliphatic carboxylic acids is 1. The molecule has 3 aromatic rings. The molecule has 4 rings (SSSR count). The van der Waals surface area contributed by atoms with Crippen molar-refractivity contribution in [3.63, 3.8) is 0 Å².